The van der Waals surface area contributed by atoms with Crippen LogP contribution in [0.15, 0.2) is 65.5 Å². The summed E-state index contributed by atoms with van der Waals surface area (Å²) < 4.78 is 2.43. The number of benzene rings is 1. The molecule has 1 amide bonds. The summed E-state index contributed by atoms with van der Waals surface area (Å²) in [6.07, 6.45) is 5.00. The van der Waals surface area contributed by atoms with Crippen LogP contribution in [0.4, 0.5) is 5.69 Å². The van der Waals surface area contributed by atoms with Crippen LogP contribution < -0.4 is 5.32 Å². The molecule has 1 N–H and O–H groups in total. The maximum absolute atomic E-state index is 12.2. The molecule has 0 bridgehead atoms. The summed E-state index contributed by atoms with van der Waals surface area (Å²) in [6, 6.07) is 13.6. The Morgan fingerprint density at radius 3 is 2.77 bits per heavy atom. The van der Waals surface area contributed by atoms with Gasteiger partial charge in [0.15, 0.2) is 0 Å². The molecular formula is C16H13BrN4O. The van der Waals surface area contributed by atoms with Gasteiger partial charge in [0.05, 0.1) is 18.4 Å². The summed E-state index contributed by atoms with van der Waals surface area (Å²) in [7, 11) is 0. The van der Waals surface area contributed by atoms with E-state index in [1.165, 1.54) is 0 Å². The molecule has 2 aromatic heterocycles. The van der Waals surface area contributed by atoms with E-state index in [0.29, 0.717) is 22.4 Å². The Morgan fingerprint density at radius 2 is 2.00 bits per heavy atom. The summed E-state index contributed by atoms with van der Waals surface area (Å²) in [5, 5.41) is 7.04. The molecule has 1 aromatic carbocycles. The molecule has 0 spiro atoms. The third kappa shape index (κ3) is 3.40. The van der Waals surface area contributed by atoms with Crippen molar-refractivity contribution in [3.8, 4) is 0 Å². The third-order valence-corrected chi connectivity index (χ3v) is 3.69. The van der Waals surface area contributed by atoms with Gasteiger partial charge in [-0.05, 0) is 33.6 Å². The molecule has 0 aliphatic rings. The molecule has 6 heteroatoms. The number of nitrogens with one attached hydrogen (secondary N) is 1. The Kier molecular flexibility index (Phi) is 4.29. The lowest BCUT2D eigenvalue weighted by atomic mass is 10.2. The van der Waals surface area contributed by atoms with Gasteiger partial charge < -0.3 is 5.32 Å². The van der Waals surface area contributed by atoms with E-state index in [1.807, 2.05) is 30.3 Å². The summed E-state index contributed by atoms with van der Waals surface area (Å²) in [4.78, 5) is 16.2. The van der Waals surface area contributed by atoms with Gasteiger partial charge in [0, 0.05) is 16.9 Å². The fourth-order valence-electron chi connectivity index (χ4n) is 2.03. The average Bonchev–Trinajstić information content (AvgIpc) is 2.95. The Balaban J connectivity index is 1.69. The van der Waals surface area contributed by atoms with E-state index in [2.05, 4.69) is 31.3 Å². The zero-order valence-corrected chi connectivity index (χ0v) is 13.2. The largest absolute Gasteiger partial charge is 0.318 e. The van der Waals surface area contributed by atoms with E-state index < -0.39 is 0 Å². The monoisotopic (exact) mass is 356 g/mol. The number of hydrogen-bond donors (Lipinski definition) is 1. The molecule has 5 nitrogen and oxygen atoms in total. The van der Waals surface area contributed by atoms with Crippen molar-refractivity contribution in [1.82, 2.24) is 14.8 Å². The Bertz CT molecular complexity index is 786. The van der Waals surface area contributed by atoms with E-state index >= 15 is 0 Å². The van der Waals surface area contributed by atoms with Crippen molar-refractivity contribution < 1.29 is 4.79 Å². The van der Waals surface area contributed by atoms with Crippen LogP contribution in [-0.4, -0.2) is 20.7 Å². The van der Waals surface area contributed by atoms with Gasteiger partial charge in [-0.2, -0.15) is 5.10 Å². The zero-order chi connectivity index (χ0) is 15.4. The number of hydrogen-bond acceptors (Lipinski definition) is 3. The number of aromatic nitrogens is 3. The number of rotatable bonds is 4. The smallest absolute Gasteiger partial charge is 0.275 e. The fraction of sp³-hybridized carbons (Fsp3) is 0.0625. The first-order valence-electron chi connectivity index (χ1n) is 6.70. The highest BCUT2D eigenvalue weighted by Gasteiger charge is 2.12. The van der Waals surface area contributed by atoms with Crippen LogP contribution in [0.3, 0.4) is 0 Å². The second-order valence-corrected chi connectivity index (χ2v) is 5.55. The van der Waals surface area contributed by atoms with Crippen LogP contribution in [0.5, 0.6) is 0 Å². The Hall–Kier alpha value is -2.47. The molecule has 2 heterocycles. The molecule has 3 rings (SSSR count). The molecule has 22 heavy (non-hydrogen) atoms. The molecule has 0 unspecified atom stereocenters. The van der Waals surface area contributed by atoms with E-state index in [-0.39, 0.29) is 5.91 Å². The minimum Gasteiger partial charge on any atom is -0.318 e. The number of halogens is 1. The number of carbonyl (C=O) groups is 1. The van der Waals surface area contributed by atoms with Gasteiger partial charge in [-0.25, -0.2) is 4.98 Å². The van der Waals surface area contributed by atoms with E-state index in [0.717, 1.165) is 5.56 Å². The number of carbonyl (C=O) groups excluding carboxylic acids is 1. The fourth-order valence-corrected chi connectivity index (χ4v) is 2.46. The van der Waals surface area contributed by atoms with Gasteiger partial charge in [0.1, 0.15) is 5.69 Å². The van der Waals surface area contributed by atoms with Crippen molar-refractivity contribution in [3.05, 3.63) is 76.8 Å². The molecule has 0 aliphatic heterocycles. The summed E-state index contributed by atoms with van der Waals surface area (Å²) in [5.41, 5.74) is 2.13. The highest BCUT2D eigenvalue weighted by molar-refractivity contribution is 9.10. The standard InChI is InChI=1S/C16H13BrN4O/c17-14-7-4-8-18-15(14)16(22)20-13-9-19-21(11-13)10-12-5-2-1-3-6-12/h1-9,11H,10H2,(H,20,22). The summed E-state index contributed by atoms with van der Waals surface area (Å²) >= 11 is 3.32. The highest BCUT2D eigenvalue weighted by atomic mass is 79.9. The van der Waals surface area contributed by atoms with E-state index in [1.54, 1.807) is 35.4 Å². The van der Waals surface area contributed by atoms with Crippen molar-refractivity contribution in [2.24, 2.45) is 0 Å². The van der Waals surface area contributed by atoms with Crippen molar-refractivity contribution in [1.29, 1.82) is 0 Å². The minimum atomic E-state index is -0.272. The number of anilines is 1. The number of nitrogens with zero attached hydrogens (tertiary/aromatic N) is 3. The van der Waals surface area contributed by atoms with Crippen LogP contribution in [0.2, 0.25) is 0 Å². The lowest BCUT2D eigenvalue weighted by molar-refractivity contribution is 0.102. The normalized spacial score (nSPS) is 10.4. The maximum Gasteiger partial charge on any atom is 0.275 e. The molecular weight excluding hydrogens is 344 g/mol. The summed E-state index contributed by atoms with van der Waals surface area (Å²) in [6.45, 7) is 0.657. The SMILES string of the molecule is O=C(Nc1cnn(Cc2ccccc2)c1)c1ncccc1Br. The van der Waals surface area contributed by atoms with Crippen molar-refractivity contribution in [2.45, 2.75) is 6.54 Å². The molecule has 0 fully saturated rings. The lowest BCUT2D eigenvalue weighted by Crippen LogP contribution is -2.13. The highest BCUT2D eigenvalue weighted by Crippen LogP contribution is 2.15. The zero-order valence-electron chi connectivity index (χ0n) is 11.6. The lowest BCUT2D eigenvalue weighted by Gasteiger charge is -2.03. The molecule has 0 atom stereocenters. The Morgan fingerprint density at radius 1 is 1.18 bits per heavy atom. The van der Waals surface area contributed by atoms with Crippen molar-refractivity contribution in [2.75, 3.05) is 5.32 Å². The third-order valence-electron chi connectivity index (χ3n) is 3.05. The van der Waals surface area contributed by atoms with Gasteiger partial charge in [0.25, 0.3) is 5.91 Å². The van der Waals surface area contributed by atoms with Crippen LogP contribution in [0, 0.1) is 0 Å². The first kappa shape index (κ1) is 14.5. The number of pyridine rings is 1. The van der Waals surface area contributed by atoms with Gasteiger partial charge in [-0.1, -0.05) is 30.3 Å². The maximum atomic E-state index is 12.2. The predicted molar refractivity (Wildman–Crippen MR) is 87.7 cm³/mol. The van der Waals surface area contributed by atoms with Gasteiger partial charge >= 0.3 is 0 Å². The molecule has 0 radical (unpaired) electrons. The topological polar surface area (TPSA) is 59.8 Å². The van der Waals surface area contributed by atoms with E-state index in [4.69, 9.17) is 0 Å². The molecule has 110 valence electrons. The van der Waals surface area contributed by atoms with Crippen molar-refractivity contribution in [3.63, 3.8) is 0 Å². The summed E-state index contributed by atoms with van der Waals surface area (Å²) in [5.74, 6) is -0.272. The van der Waals surface area contributed by atoms with Crippen LogP contribution in [0.25, 0.3) is 0 Å². The number of amides is 1. The van der Waals surface area contributed by atoms with Crippen LogP contribution in [0.1, 0.15) is 16.1 Å². The van der Waals surface area contributed by atoms with Crippen LogP contribution in [-0.2, 0) is 6.54 Å². The molecule has 0 saturated heterocycles. The van der Waals surface area contributed by atoms with Gasteiger partial charge in [0.2, 0.25) is 0 Å². The average molecular weight is 357 g/mol. The second kappa shape index (κ2) is 6.53. The predicted octanol–water partition coefficient (Wildman–Crippen LogP) is 3.34. The first-order valence-corrected chi connectivity index (χ1v) is 7.50. The second-order valence-electron chi connectivity index (χ2n) is 4.70. The quantitative estimate of drug-likeness (QED) is 0.779. The molecule has 3 aromatic rings. The minimum absolute atomic E-state index is 0.272. The molecule has 0 saturated carbocycles. The Labute approximate surface area is 136 Å². The van der Waals surface area contributed by atoms with Crippen molar-refractivity contribution >= 4 is 27.5 Å². The molecule has 0 aliphatic carbocycles. The van der Waals surface area contributed by atoms with Gasteiger partial charge in [-0.3, -0.25) is 9.48 Å². The van der Waals surface area contributed by atoms with E-state index in [9.17, 15) is 4.79 Å². The first-order chi connectivity index (χ1) is 10.7. The van der Waals surface area contributed by atoms with Crippen LogP contribution >= 0.6 is 15.9 Å². The van der Waals surface area contributed by atoms with Gasteiger partial charge in [-0.15, -0.1) is 0 Å².